The zero-order chi connectivity index (χ0) is 14.9. The molecule has 0 aromatic carbocycles. The number of rotatable bonds is 4. The van der Waals surface area contributed by atoms with E-state index in [1.807, 2.05) is 46.6 Å². The van der Waals surface area contributed by atoms with Gasteiger partial charge in [0.05, 0.1) is 0 Å². The predicted octanol–water partition coefficient (Wildman–Crippen LogP) is 3.55. The summed E-state index contributed by atoms with van der Waals surface area (Å²) in [6.45, 7) is 0.792. The molecular formula is C15H12ClN5S. The second kappa shape index (κ2) is 5.55. The van der Waals surface area contributed by atoms with Gasteiger partial charge < -0.3 is 4.57 Å². The Hall–Kier alpha value is -2.18. The number of hydrogen-bond acceptors (Lipinski definition) is 4. The van der Waals surface area contributed by atoms with Crippen LogP contribution in [0.3, 0.4) is 0 Å². The minimum absolute atomic E-state index is 0.483. The summed E-state index contributed by atoms with van der Waals surface area (Å²) in [6, 6.07) is 5.95. The smallest absolute Gasteiger partial charge is 0.195 e. The van der Waals surface area contributed by atoms with E-state index in [1.54, 1.807) is 17.5 Å². The Kier molecular flexibility index (Phi) is 3.40. The molecule has 4 aromatic heterocycles. The summed E-state index contributed by atoms with van der Waals surface area (Å²) in [4.78, 5) is 14.1. The van der Waals surface area contributed by atoms with Crippen molar-refractivity contribution in [3.05, 3.63) is 59.2 Å². The zero-order valence-electron chi connectivity index (χ0n) is 11.6. The Labute approximate surface area is 135 Å². The van der Waals surface area contributed by atoms with E-state index in [0.717, 1.165) is 35.1 Å². The number of hydrogen-bond donors (Lipinski definition) is 0. The van der Waals surface area contributed by atoms with Gasteiger partial charge in [-0.2, -0.15) is 0 Å². The van der Waals surface area contributed by atoms with Crippen molar-refractivity contribution in [2.75, 3.05) is 0 Å². The SMILES string of the molecule is Clc1nc2sccn2c1-c1nccn1CCc1ccccn1. The zero-order valence-corrected chi connectivity index (χ0v) is 13.1. The van der Waals surface area contributed by atoms with Gasteiger partial charge in [0.2, 0.25) is 0 Å². The van der Waals surface area contributed by atoms with Crippen molar-refractivity contribution in [1.29, 1.82) is 0 Å². The first-order valence-electron chi connectivity index (χ1n) is 6.85. The Morgan fingerprint density at radius 2 is 2.09 bits per heavy atom. The number of halogens is 1. The molecule has 0 amide bonds. The summed E-state index contributed by atoms with van der Waals surface area (Å²) in [7, 11) is 0. The standard InChI is InChI=1S/C15H12ClN5S/c16-13-12(21-9-10-22-15(21)19-13)14-18-6-8-20(14)7-4-11-3-1-2-5-17-11/h1-3,5-6,8-10H,4,7H2. The van der Waals surface area contributed by atoms with Gasteiger partial charge in [0.1, 0.15) is 5.69 Å². The van der Waals surface area contributed by atoms with E-state index in [9.17, 15) is 0 Å². The topological polar surface area (TPSA) is 48.0 Å². The quantitative estimate of drug-likeness (QED) is 0.575. The summed E-state index contributed by atoms with van der Waals surface area (Å²) in [6.07, 6.45) is 8.36. The van der Waals surface area contributed by atoms with Gasteiger partial charge in [-0.1, -0.05) is 17.7 Å². The number of aromatic nitrogens is 5. The second-order valence-corrected chi connectivity index (χ2v) is 6.05. The number of aryl methyl sites for hydroxylation is 2. The third kappa shape index (κ3) is 2.30. The van der Waals surface area contributed by atoms with Crippen molar-refractivity contribution in [1.82, 2.24) is 23.9 Å². The molecule has 22 heavy (non-hydrogen) atoms. The Bertz CT molecular complexity index is 908. The van der Waals surface area contributed by atoms with Crippen molar-refractivity contribution in [2.24, 2.45) is 0 Å². The molecule has 0 saturated carbocycles. The molecule has 0 aliphatic rings. The molecule has 0 unspecified atom stereocenters. The number of fused-ring (bicyclic) bond motifs is 1. The minimum Gasteiger partial charge on any atom is -0.329 e. The Balaban J connectivity index is 1.68. The van der Waals surface area contributed by atoms with E-state index in [2.05, 4.69) is 19.5 Å². The Morgan fingerprint density at radius 1 is 1.14 bits per heavy atom. The van der Waals surface area contributed by atoms with Gasteiger partial charge in [0.25, 0.3) is 0 Å². The monoisotopic (exact) mass is 329 g/mol. The molecule has 0 aliphatic heterocycles. The summed E-state index contributed by atoms with van der Waals surface area (Å²) in [5.74, 6) is 0.826. The molecule has 0 N–H and O–H groups in total. The lowest BCUT2D eigenvalue weighted by Crippen LogP contribution is -2.04. The lowest BCUT2D eigenvalue weighted by atomic mass is 10.2. The summed E-state index contributed by atoms with van der Waals surface area (Å²) >= 11 is 7.85. The first-order chi connectivity index (χ1) is 10.8. The van der Waals surface area contributed by atoms with E-state index in [-0.39, 0.29) is 0 Å². The number of pyridine rings is 1. The molecular weight excluding hydrogens is 318 g/mol. The maximum absolute atomic E-state index is 6.30. The lowest BCUT2D eigenvalue weighted by molar-refractivity contribution is 0.690. The van der Waals surface area contributed by atoms with Gasteiger partial charge in [-0.05, 0) is 12.1 Å². The maximum Gasteiger partial charge on any atom is 0.195 e. The molecule has 4 rings (SSSR count). The molecule has 0 radical (unpaired) electrons. The predicted molar refractivity (Wildman–Crippen MR) is 87.2 cm³/mol. The second-order valence-electron chi connectivity index (χ2n) is 4.82. The van der Waals surface area contributed by atoms with Crippen molar-refractivity contribution < 1.29 is 0 Å². The summed E-state index contributed by atoms with van der Waals surface area (Å²) < 4.78 is 4.06. The number of thiazole rings is 1. The minimum atomic E-state index is 0.483. The van der Waals surface area contributed by atoms with E-state index in [0.29, 0.717) is 5.15 Å². The molecule has 5 nitrogen and oxygen atoms in total. The Morgan fingerprint density at radius 3 is 2.95 bits per heavy atom. The van der Waals surface area contributed by atoms with Crippen LogP contribution in [0.25, 0.3) is 16.5 Å². The fourth-order valence-corrected chi connectivity index (χ4v) is 3.47. The molecule has 0 fully saturated rings. The highest BCUT2D eigenvalue weighted by molar-refractivity contribution is 7.15. The molecule has 0 bridgehead atoms. The van der Waals surface area contributed by atoms with Crippen molar-refractivity contribution in [3.8, 4) is 11.5 Å². The third-order valence-electron chi connectivity index (χ3n) is 3.48. The molecule has 110 valence electrons. The summed E-state index contributed by atoms with van der Waals surface area (Å²) in [5.41, 5.74) is 1.89. The van der Waals surface area contributed by atoms with Crippen LogP contribution in [0.1, 0.15) is 5.69 Å². The highest BCUT2D eigenvalue weighted by Crippen LogP contribution is 2.29. The van der Waals surface area contributed by atoms with Crippen molar-refractivity contribution in [3.63, 3.8) is 0 Å². The van der Waals surface area contributed by atoms with E-state index >= 15 is 0 Å². The first kappa shape index (κ1) is 13.5. The average Bonchev–Trinajstić information content (AvgIpc) is 3.22. The van der Waals surface area contributed by atoms with E-state index in [1.165, 1.54) is 0 Å². The van der Waals surface area contributed by atoms with Crippen LogP contribution in [-0.4, -0.2) is 23.9 Å². The van der Waals surface area contributed by atoms with Gasteiger partial charge >= 0.3 is 0 Å². The van der Waals surface area contributed by atoms with Gasteiger partial charge in [-0.3, -0.25) is 9.38 Å². The molecule has 0 saturated heterocycles. The summed E-state index contributed by atoms with van der Waals surface area (Å²) in [5, 5.41) is 2.47. The molecule has 4 aromatic rings. The highest BCUT2D eigenvalue weighted by Gasteiger charge is 2.17. The van der Waals surface area contributed by atoms with Crippen LogP contribution in [0, 0.1) is 0 Å². The maximum atomic E-state index is 6.30. The fourth-order valence-electron chi connectivity index (χ4n) is 2.45. The van der Waals surface area contributed by atoms with Gasteiger partial charge in [0, 0.05) is 48.8 Å². The van der Waals surface area contributed by atoms with Crippen LogP contribution >= 0.6 is 22.9 Å². The third-order valence-corrected chi connectivity index (χ3v) is 4.50. The van der Waals surface area contributed by atoms with Crippen LogP contribution in [0.5, 0.6) is 0 Å². The van der Waals surface area contributed by atoms with E-state index < -0.39 is 0 Å². The first-order valence-corrected chi connectivity index (χ1v) is 8.11. The van der Waals surface area contributed by atoms with Gasteiger partial charge in [-0.25, -0.2) is 9.97 Å². The average molecular weight is 330 g/mol. The molecule has 7 heteroatoms. The van der Waals surface area contributed by atoms with E-state index in [4.69, 9.17) is 11.6 Å². The normalized spacial score (nSPS) is 11.3. The fraction of sp³-hybridized carbons (Fsp3) is 0.133. The molecule has 0 atom stereocenters. The van der Waals surface area contributed by atoms with Crippen LogP contribution in [0.4, 0.5) is 0 Å². The highest BCUT2D eigenvalue weighted by atomic mass is 35.5. The largest absolute Gasteiger partial charge is 0.329 e. The lowest BCUT2D eigenvalue weighted by Gasteiger charge is -2.07. The van der Waals surface area contributed by atoms with Crippen LogP contribution in [-0.2, 0) is 13.0 Å². The number of nitrogens with zero attached hydrogens (tertiary/aromatic N) is 5. The van der Waals surface area contributed by atoms with Crippen LogP contribution in [0.15, 0.2) is 48.4 Å². The van der Waals surface area contributed by atoms with Crippen LogP contribution in [0.2, 0.25) is 5.15 Å². The van der Waals surface area contributed by atoms with Crippen molar-refractivity contribution >= 4 is 27.9 Å². The molecule has 0 spiro atoms. The van der Waals surface area contributed by atoms with Gasteiger partial charge in [0.15, 0.2) is 15.9 Å². The molecule has 0 aliphatic carbocycles. The van der Waals surface area contributed by atoms with Crippen molar-refractivity contribution in [2.45, 2.75) is 13.0 Å². The van der Waals surface area contributed by atoms with Gasteiger partial charge in [-0.15, -0.1) is 11.3 Å². The molecule has 4 heterocycles. The van der Waals surface area contributed by atoms with Crippen LogP contribution < -0.4 is 0 Å². The number of imidazole rings is 2.